The molecule has 1 unspecified atom stereocenters. The second-order valence-electron chi connectivity index (χ2n) is 4.92. The maximum Gasteiger partial charge on any atom is 0.243 e. The number of halogens is 2. The second kappa shape index (κ2) is 7.26. The van der Waals surface area contributed by atoms with Crippen LogP contribution in [0.1, 0.15) is 19.4 Å². The summed E-state index contributed by atoms with van der Waals surface area (Å²) in [6.07, 6.45) is 0. The van der Waals surface area contributed by atoms with Crippen molar-refractivity contribution in [3.63, 3.8) is 0 Å². The lowest BCUT2D eigenvalue weighted by Crippen LogP contribution is -2.41. The molecule has 0 aliphatic heterocycles. The highest BCUT2D eigenvalue weighted by atomic mass is 32.2. The van der Waals surface area contributed by atoms with Crippen molar-refractivity contribution < 1.29 is 27.0 Å². The van der Waals surface area contributed by atoms with E-state index in [1.807, 2.05) is 0 Å². The average Bonchev–Trinajstić information content (AvgIpc) is 2.38. The largest absolute Gasteiger partial charge is 0.391 e. The summed E-state index contributed by atoms with van der Waals surface area (Å²) in [4.78, 5) is -0.699. The number of sulfonamides is 1. The van der Waals surface area contributed by atoms with Crippen LogP contribution in [0.15, 0.2) is 17.0 Å². The Morgan fingerprint density at radius 1 is 1.33 bits per heavy atom. The van der Waals surface area contributed by atoms with Crippen LogP contribution in [-0.2, 0) is 21.4 Å². The van der Waals surface area contributed by atoms with Crippen molar-refractivity contribution in [3.05, 3.63) is 29.3 Å². The first kappa shape index (κ1) is 18.0. The highest BCUT2D eigenvalue weighted by Gasteiger charge is 2.27. The molecule has 120 valence electrons. The zero-order chi connectivity index (χ0) is 16.2. The van der Waals surface area contributed by atoms with Gasteiger partial charge in [-0.1, -0.05) is 13.8 Å². The van der Waals surface area contributed by atoms with E-state index >= 15 is 0 Å². The fourth-order valence-electron chi connectivity index (χ4n) is 1.73. The fraction of sp³-hybridized carbons (Fsp3) is 0.538. The molecule has 0 amide bonds. The summed E-state index contributed by atoms with van der Waals surface area (Å²) < 4.78 is 59.0. The van der Waals surface area contributed by atoms with E-state index < -0.39 is 44.8 Å². The number of aliphatic hydroxyl groups is 1. The van der Waals surface area contributed by atoms with Crippen molar-refractivity contribution in [2.75, 3.05) is 13.7 Å². The third kappa shape index (κ3) is 4.19. The Kier molecular flexibility index (Phi) is 6.21. The van der Waals surface area contributed by atoms with Crippen LogP contribution < -0.4 is 4.72 Å². The van der Waals surface area contributed by atoms with E-state index in [9.17, 15) is 17.2 Å². The summed E-state index contributed by atoms with van der Waals surface area (Å²) in [5.41, 5.74) is -0.675. The molecule has 0 aliphatic carbocycles. The number of hydrogen-bond donors (Lipinski definition) is 2. The maximum atomic E-state index is 14.0. The zero-order valence-corrected chi connectivity index (χ0v) is 12.9. The Bertz CT molecular complexity index is 590. The lowest BCUT2D eigenvalue weighted by molar-refractivity contribution is 0.157. The number of nitrogens with one attached hydrogen (secondary N) is 1. The molecule has 0 saturated carbocycles. The third-order valence-electron chi connectivity index (χ3n) is 3.06. The molecule has 0 aliphatic rings. The van der Waals surface area contributed by atoms with Crippen LogP contribution in [0.5, 0.6) is 0 Å². The Morgan fingerprint density at radius 3 is 2.43 bits per heavy atom. The van der Waals surface area contributed by atoms with Crippen LogP contribution in [-0.4, -0.2) is 33.3 Å². The SMILES string of the molecule is COCC(NS(=O)(=O)c1ccc(F)c(CO)c1F)C(C)C. The van der Waals surface area contributed by atoms with Crippen LogP contribution in [0.25, 0.3) is 0 Å². The average molecular weight is 323 g/mol. The van der Waals surface area contributed by atoms with Crippen molar-refractivity contribution >= 4 is 10.0 Å². The molecule has 8 heteroatoms. The van der Waals surface area contributed by atoms with Crippen molar-refractivity contribution in [2.45, 2.75) is 31.4 Å². The predicted molar refractivity (Wildman–Crippen MR) is 73.1 cm³/mol. The summed E-state index contributed by atoms with van der Waals surface area (Å²) in [5.74, 6) is -2.36. The van der Waals surface area contributed by atoms with E-state index in [-0.39, 0.29) is 12.5 Å². The number of hydrogen-bond acceptors (Lipinski definition) is 4. The van der Waals surface area contributed by atoms with Crippen molar-refractivity contribution in [2.24, 2.45) is 5.92 Å². The van der Waals surface area contributed by atoms with Gasteiger partial charge < -0.3 is 9.84 Å². The lowest BCUT2D eigenvalue weighted by atomic mass is 10.1. The molecule has 0 fully saturated rings. The smallest absolute Gasteiger partial charge is 0.243 e. The monoisotopic (exact) mass is 323 g/mol. The molecule has 0 spiro atoms. The Labute approximate surface area is 123 Å². The Hall–Kier alpha value is -1.09. The van der Waals surface area contributed by atoms with Crippen molar-refractivity contribution in [3.8, 4) is 0 Å². The van der Waals surface area contributed by atoms with Gasteiger partial charge in [-0.25, -0.2) is 21.9 Å². The van der Waals surface area contributed by atoms with Crippen LogP contribution in [0.2, 0.25) is 0 Å². The minimum atomic E-state index is -4.19. The molecule has 0 aromatic heterocycles. The fourth-order valence-corrected chi connectivity index (χ4v) is 3.21. The minimum absolute atomic E-state index is 0.0828. The molecule has 1 aromatic rings. The number of methoxy groups -OCH3 is 1. The van der Waals surface area contributed by atoms with Gasteiger partial charge in [0.1, 0.15) is 10.7 Å². The standard InChI is InChI=1S/C13H19F2NO4S/c1-8(2)11(7-20-3)16-21(18,19)12-5-4-10(14)9(6-17)13(12)15/h4-5,8,11,16-17H,6-7H2,1-3H3. The molecule has 1 atom stereocenters. The van der Waals surface area contributed by atoms with Gasteiger partial charge in [0.05, 0.1) is 18.8 Å². The number of ether oxygens (including phenoxy) is 1. The van der Waals surface area contributed by atoms with E-state index in [0.29, 0.717) is 0 Å². The number of aliphatic hydroxyl groups excluding tert-OH is 1. The van der Waals surface area contributed by atoms with Gasteiger partial charge in [0.15, 0.2) is 5.82 Å². The summed E-state index contributed by atoms with van der Waals surface area (Å²) in [6, 6.07) is 1.09. The van der Waals surface area contributed by atoms with Crippen molar-refractivity contribution in [1.29, 1.82) is 0 Å². The van der Waals surface area contributed by atoms with Gasteiger partial charge in [0.2, 0.25) is 10.0 Å². The lowest BCUT2D eigenvalue weighted by Gasteiger charge is -2.21. The van der Waals surface area contributed by atoms with E-state index in [1.165, 1.54) is 7.11 Å². The number of benzene rings is 1. The molecule has 1 rings (SSSR count). The molecule has 21 heavy (non-hydrogen) atoms. The minimum Gasteiger partial charge on any atom is -0.391 e. The second-order valence-corrected chi connectivity index (χ2v) is 6.61. The van der Waals surface area contributed by atoms with Crippen LogP contribution in [0, 0.1) is 17.6 Å². The highest BCUT2D eigenvalue weighted by molar-refractivity contribution is 7.89. The Balaban J connectivity index is 3.19. The van der Waals surface area contributed by atoms with Crippen LogP contribution in [0.3, 0.4) is 0 Å². The number of rotatable bonds is 7. The van der Waals surface area contributed by atoms with Crippen LogP contribution in [0.4, 0.5) is 8.78 Å². The quantitative estimate of drug-likeness (QED) is 0.795. The Morgan fingerprint density at radius 2 is 1.95 bits per heavy atom. The molecule has 1 aromatic carbocycles. The molecule has 5 nitrogen and oxygen atoms in total. The highest BCUT2D eigenvalue weighted by Crippen LogP contribution is 2.21. The summed E-state index contributed by atoms with van der Waals surface area (Å²) in [6.45, 7) is 2.76. The first-order chi connectivity index (χ1) is 9.74. The van der Waals surface area contributed by atoms with Gasteiger partial charge >= 0.3 is 0 Å². The molecule has 2 N–H and O–H groups in total. The molecule has 0 heterocycles. The summed E-state index contributed by atoms with van der Waals surface area (Å²) in [5, 5.41) is 8.93. The van der Waals surface area contributed by atoms with E-state index in [4.69, 9.17) is 9.84 Å². The molecular weight excluding hydrogens is 304 g/mol. The predicted octanol–water partition coefficient (Wildman–Crippen LogP) is 1.41. The summed E-state index contributed by atoms with van der Waals surface area (Å²) in [7, 11) is -2.77. The zero-order valence-electron chi connectivity index (χ0n) is 12.1. The van der Waals surface area contributed by atoms with Gasteiger partial charge in [-0.05, 0) is 18.1 Å². The molecule has 0 saturated heterocycles. The van der Waals surface area contributed by atoms with Gasteiger partial charge in [-0.2, -0.15) is 0 Å². The molecular formula is C13H19F2NO4S. The van der Waals surface area contributed by atoms with Gasteiger partial charge in [0.25, 0.3) is 0 Å². The van der Waals surface area contributed by atoms with E-state index in [1.54, 1.807) is 13.8 Å². The topological polar surface area (TPSA) is 75.6 Å². The first-order valence-corrected chi connectivity index (χ1v) is 7.82. The van der Waals surface area contributed by atoms with Gasteiger partial charge in [-0.15, -0.1) is 0 Å². The van der Waals surface area contributed by atoms with Crippen LogP contribution >= 0.6 is 0 Å². The normalized spacial score (nSPS) is 13.7. The molecule has 0 bridgehead atoms. The van der Waals surface area contributed by atoms with E-state index in [2.05, 4.69) is 4.72 Å². The molecule has 0 radical (unpaired) electrons. The first-order valence-electron chi connectivity index (χ1n) is 6.33. The van der Waals surface area contributed by atoms with E-state index in [0.717, 1.165) is 12.1 Å². The third-order valence-corrected chi connectivity index (χ3v) is 4.56. The maximum absolute atomic E-state index is 14.0. The summed E-state index contributed by atoms with van der Waals surface area (Å²) >= 11 is 0. The van der Waals surface area contributed by atoms with Gasteiger partial charge in [0, 0.05) is 13.2 Å². The van der Waals surface area contributed by atoms with Crippen molar-refractivity contribution in [1.82, 2.24) is 4.72 Å². The van der Waals surface area contributed by atoms with Gasteiger partial charge in [-0.3, -0.25) is 0 Å².